The van der Waals surface area contributed by atoms with Gasteiger partial charge in [-0.15, -0.1) is 0 Å². The van der Waals surface area contributed by atoms with Crippen molar-refractivity contribution < 1.29 is 8.76 Å². The van der Waals surface area contributed by atoms with Gasteiger partial charge in [-0.1, -0.05) is 40.6 Å². The Hall–Kier alpha value is -2.87. The van der Waals surface area contributed by atoms with Crippen molar-refractivity contribution in [3.8, 4) is 22.3 Å². The predicted octanol–water partition coefficient (Wildman–Crippen LogP) is 3.97. The lowest BCUT2D eigenvalue weighted by Gasteiger charge is -2.10. The first-order valence-electron chi connectivity index (χ1n) is 9.39. The van der Waals surface area contributed by atoms with Crippen LogP contribution in [0.5, 0.6) is 0 Å². The van der Waals surface area contributed by atoms with Crippen molar-refractivity contribution in [2.75, 3.05) is 6.26 Å². The Morgan fingerprint density at radius 2 is 1.83 bits per heavy atom. The maximum atomic E-state index is 12.0. The summed E-state index contributed by atoms with van der Waals surface area (Å²) in [5, 5.41) is 4.44. The van der Waals surface area contributed by atoms with Crippen LogP contribution in [-0.4, -0.2) is 25.4 Å². The van der Waals surface area contributed by atoms with Gasteiger partial charge in [-0.3, -0.25) is 0 Å². The molecule has 146 valence electrons. The molecule has 2 heterocycles. The number of nitrogens with two attached hydrogens (primary N) is 1. The molecule has 1 aliphatic rings. The van der Waals surface area contributed by atoms with Crippen LogP contribution in [0.25, 0.3) is 27.9 Å². The van der Waals surface area contributed by atoms with Crippen LogP contribution in [0.2, 0.25) is 0 Å². The molecule has 0 aliphatic heterocycles. The van der Waals surface area contributed by atoms with Gasteiger partial charge in [-0.25, -0.2) is 9.50 Å². The molecule has 0 radical (unpaired) electrons. The van der Waals surface area contributed by atoms with Crippen LogP contribution >= 0.6 is 0 Å². The fraction of sp³-hybridized carbons (Fsp3) is 0.182. The van der Waals surface area contributed by atoms with Crippen molar-refractivity contribution in [3.63, 3.8) is 0 Å². The first kappa shape index (κ1) is 18.2. The Labute approximate surface area is 169 Å². The summed E-state index contributed by atoms with van der Waals surface area (Å²) in [5.74, 6) is 0. The van der Waals surface area contributed by atoms with Gasteiger partial charge in [0.25, 0.3) is 0 Å². The molecule has 0 spiro atoms. The lowest BCUT2D eigenvalue weighted by molar-refractivity contribution is 0.503. The minimum absolute atomic E-state index is 0.136. The highest BCUT2D eigenvalue weighted by molar-refractivity contribution is 7.97. The average molecular weight is 406 g/mol. The molecule has 1 fully saturated rings. The van der Waals surface area contributed by atoms with Gasteiger partial charge < -0.3 is 5.73 Å². The Bertz CT molecular complexity index is 1270. The van der Waals surface area contributed by atoms with Gasteiger partial charge in [0.1, 0.15) is 6.26 Å². The van der Waals surface area contributed by atoms with E-state index in [1.54, 1.807) is 28.9 Å². The van der Waals surface area contributed by atoms with E-state index in [0.29, 0.717) is 10.5 Å². The van der Waals surface area contributed by atoms with Gasteiger partial charge in [0.15, 0.2) is 10.5 Å². The van der Waals surface area contributed by atoms with Crippen molar-refractivity contribution in [1.29, 1.82) is 0 Å². The number of aromatic nitrogens is 3. The molecule has 0 bridgehead atoms. The average Bonchev–Trinajstić information content (AvgIpc) is 3.33. The Morgan fingerprint density at radius 1 is 1.07 bits per heavy atom. The second-order valence-electron chi connectivity index (χ2n) is 7.73. The van der Waals surface area contributed by atoms with E-state index in [-0.39, 0.29) is 5.54 Å². The number of benzene rings is 2. The molecular formula is C22H21N4O2S+. The number of hydrogen-bond donors (Lipinski definition) is 2. The predicted molar refractivity (Wildman–Crippen MR) is 114 cm³/mol. The van der Waals surface area contributed by atoms with Crippen molar-refractivity contribution >= 4 is 15.9 Å². The van der Waals surface area contributed by atoms with Crippen molar-refractivity contribution in [2.45, 2.75) is 23.3 Å². The lowest BCUT2D eigenvalue weighted by Crippen LogP contribution is -2.18. The number of nitrogens with zero attached hydrogens (tertiary/aromatic N) is 3. The highest BCUT2D eigenvalue weighted by Crippen LogP contribution is 2.42. The van der Waals surface area contributed by atoms with Crippen LogP contribution in [0.3, 0.4) is 0 Å². The van der Waals surface area contributed by atoms with E-state index in [0.717, 1.165) is 35.1 Å². The maximum absolute atomic E-state index is 12.0. The number of fused-ring (bicyclic) bond motifs is 1. The second kappa shape index (κ2) is 6.32. The van der Waals surface area contributed by atoms with E-state index in [2.05, 4.69) is 34.3 Å². The molecule has 6 nitrogen and oxygen atoms in total. The summed E-state index contributed by atoms with van der Waals surface area (Å²) in [6.45, 7) is 0. The molecule has 0 amide bonds. The first-order valence-corrected chi connectivity index (χ1v) is 11.3. The van der Waals surface area contributed by atoms with Crippen LogP contribution in [0, 0.1) is 0 Å². The molecule has 29 heavy (non-hydrogen) atoms. The first-order chi connectivity index (χ1) is 13.8. The van der Waals surface area contributed by atoms with Crippen molar-refractivity contribution in [2.24, 2.45) is 5.73 Å². The van der Waals surface area contributed by atoms with E-state index in [1.807, 2.05) is 18.5 Å². The minimum atomic E-state index is -3.03. The highest BCUT2D eigenvalue weighted by Gasteiger charge is 2.39. The second-order valence-corrected chi connectivity index (χ2v) is 9.81. The molecule has 1 aliphatic carbocycles. The topological polar surface area (TPSA) is 93.5 Å². The van der Waals surface area contributed by atoms with Crippen LogP contribution in [0.4, 0.5) is 0 Å². The van der Waals surface area contributed by atoms with Crippen molar-refractivity contribution in [3.05, 3.63) is 72.7 Å². The van der Waals surface area contributed by atoms with Gasteiger partial charge in [0.2, 0.25) is 10.2 Å². The maximum Gasteiger partial charge on any atom is 0.244 e. The zero-order chi connectivity index (χ0) is 20.2. The molecule has 4 aromatic rings. The zero-order valence-electron chi connectivity index (χ0n) is 15.9. The van der Waals surface area contributed by atoms with Gasteiger partial charge in [-0.05, 0) is 35.6 Å². The van der Waals surface area contributed by atoms with E-state index in [4.69, 9.17) is 5.73 Å². The Kier molecular flexibility index (Phi) is 3.96. The van der Waals surface area contributed by atoms with Crippen LogP contribution in [-0.2, 0) is 20.0 Å². The van der Waals surface area contributed by atoms with E-state index < -0.39 is 10.2 Å². The SMILES string of the molecule is C[S+](=O)(O)c1cccc(-c2cnn3cc(-c4ccc(C5(N)CC5)cc4)cnc23)c1. The number of rotatable bonds is 4. The van der Waals surface area contributed by atoms with Gasteiger partial charge in [0, 0.05) is 35.1 Å². The molecule has 1 atom stereocenters. The largest absolute Gasteiger partial charge is 0.321 e. The molecule has 2 aromatic carbocycles. The summed E-state index contributed by atoms with van der Waals surface area (Å²) in [6.07, 6.45) is 8.89. The fourth-order valence-corrected chi connectivity index (χ4v) is 4.22. The summed E-state index contributed by atoms with van der Waals surface area (Å²) in [4.78, 5) is 5.00. The number of hydrogen-bond acceptors (Lipinski definition) is 4. The van der Waals surface area contributed by atoms with Gasteiger partial charge in [0.05, 0.1) is 6.20 Å². The van der Waals surface area contributed by atoms with Crippen LogP contribution in [0.15, 0.2) is 72.0 Å². The lowest BCUT2D eigenvalue weighted by atomic mass is 10.0. The molecule has 2 aromatic heterocycles. The standard InChI is InChI=1S/C22H20N4O2S/c1-29(27,28)19-4-2-3-16(11-19)20-13-25-26-14-17(12-24-21(20)26)15-5-7-18(8-6-15)22(23)9-10-22/h2-8,11-14H,9-10,23H2,1H3/p+1. The third kappa shape index (κ3) is 3.27. The minimum Gasteiger partial charge on any atom is -0.321 e. The normalized spacial score (nSPS) is 17.2. The summed E-state index contributed by atoms with van der Waals surface area (Å²) in [7, 11) is -3.03. The highest BCUT2D eigenvalue weighted by atomic mass is 32.3. The molecule has 3 N–H and O–H groups in total. The third-order valence-electron chi connectivity index (χ3n) is 5.52. The quantitative estimate of drug-likeness (QED) is 0.501. The summed E-state index contributed by atoms with van der Waals surface area (Å²) >= 11 is 0. The smallest absolute Gasteiger partial charge is 0.244 e. The zero-order valence-corrected chi connectivity index (χ0v) is 16.8. The molecule has 5 rings (SSSR count). The summed E-state index contributed by atoms with van der Waals surface area (Å²) in [6, 6.07) is 15.3. The summed E-state index contributed by atoms with van der Waals surface area (Å²) in [5.41, 5.74) is 11.6. The molecule has 0 saturated heterocycles. The van der Waals surface area contributed by atoms with E-state index in [9.17, 15) is 8.76 Å². The van der Waals surface area contributed by atoms with E-state index >= 15 is 0 Å². The molecule has 1 saturated carbocycles. The Balaban J connectivity index is 1.51. The Morgan fingerprint density at radius 3 is 2.52 bits per heavy atom. The monoisotopic (exact) mass is 405 g/mol. The van der Waals surface area contributed by atoms with Crippen molar-refractivity contribution in [1.82, 2.24) is 14.6 Å². The fourth-order valence-electron chi connectivity index (χ4n) is 3.54. The van der Waals surface area contributed by atoms with Gasteiger partial charge in [-0.2, -0.15) is 9.65 Å². The molecule has 1 unspecified atom stereocenters. The van der Waals surface area contributed by atoms with E-state index in [1.165, 1.54) is 11.8 Å². The van der Waals surface area contributed by atoms with Crippen LogP contribution < -0.4 is 5.73 Å². The molecular weight excluding hydrogens is 384 g/mol. The van der Waals surface area contributed by atoms with Gasteiger partial charge >= 0.3 is 0 Å². The summed E-state index contributed by atoms with van der Waals surface area (Å²) < 4.78 is 23.6. The molecule has 7 heteroatoms. The third-order valence-corrected chi connectivity index (χ3v) is 6.65. The van der Waals surface area contributed by atoms with Crippen LogP contribution in [0.1, 0.15) is 18.4 Å².